The first kappa shape index (κ1) is 22.9. The number of non-ortho nitro benzene ring substituents is 1. The van der Waals surface area contributed by atoms with Crippen LogP contribution in [0.25, 0.3) is 0 Å². The van der Waals surface area contributed by atoms with Crippen molar-refractivity contribution in [3.8, 4) is 11.5 Å². The summed E-state index contributed by atoms with van der Waals surface area (Å²) in [7, 11) is 1.51. The maximum absolute atomic E-state index is 13.1. The van der Waals surface area contributed by atoms with Crippen molar-refractivity contribution in [1.29, 1.82) is 0 Å². The summed E-state index contributed by atoms with van der Waals surface area (Å²) in [6, 6.07) is 9.57. The lowest BCUT2D eigenvalue weighted by atomic mass is 9.63. The molecule has 0 unspecified atom stereocenters. The Kier molecular flexibility index (Phi) is 5.44. The summed E-state index contributed by atoms with van der Waals surface area (Å²) in [5.41, 5.74) is 1.39. The molecule has 0 radical (unpaired) electrons. The van der Waals surface area contributed by atoms with Gasteiger partial charge < -0.3 is 9.47 Å². The first-order valence-electron chi connectivity index (χ1n) is 11.7. The first-order valence-corrected chi connectivity index (χ1v) is 12.5. The molecule has 184 valence electrons. The Morgan fingerprint density at radius 2 is 1.75 bits per heavy atom. The number of benzene rings is 2. The molecule has 0 aromatic heterocycles. The lowest BCUT2D eigenvalue weighted by molar-refractivity contribution is -0.384. The number of nitrogens with zero attached hydrogens (tertiary/aromatic N) is 3. The Morgan fingerprint density at radius 1 is 1.11 bits per heavy atom. The Hall–Kier alpha value is -3.53. The average Bonchev–Trinajstić information content (AvgIpc) is 3.66. The van der Waals surface area contributed by atoms with E-state index in [9.17, 15) is 19.7 Å². The van der Waals surface area contributed by atoms with E-state index in [2.05, 4.69) is 33.2 Å². The van der Waals surface area contributed by atoms with Gasteiger partial charge in [0.1, 0.15) is 6.61 Å². The van der Waals surface area contributed by atoms with Crippen LogP contribution in [0.5, 0.6) is 11.5 Å². The lowest BCUT2D eigenvalue weighted by Gasteiger charge is -2.37. The molecule has 5 aliphatic rings. The second-order valence-electron chi connectivity index (χ2n) is 9.63. The number of ether oxygens (including phenoxy) is 2. The van der Waals surface area contributed by atoms with Gasteiger partial charge in [0.15, 0.2) is 11.5 Å². The minimum atomic E-state index is -0.453. The van der Waals surface area contributed by atoms with Crippen LogP contribution in [0.4, 0.5) is 5.69 Å². The Labute approximate surface area is 215 Å². The number of halogens is 1. The van der Waals surface area contributed by atoms with Gasteiger partial charge in [0, 0.05) is 12.1 Å². The van der Waals surface area contributed by atoms with Crippen LogP contribution in [-0.2, 0) is 16.2 Å². The minimum Gasteiger partial charge on any atom is -0.493 e. The molecule has 0 spiro atoms. The molecule has 2 aromatic carbocycles. The normalized spacial score (nSPS) is 29.4. The number of carbonyl (C=O) groups is 2. The van der Waals surface area contributed by atoms with Gasteiger partial charge in [-0.2, -0.15) is 10.1 Å². The van der Waals surface area contributed by atoms with Gasteiger partial charge in [-0.25, -0.2) is 0 Å². The zero-order valence-corrected chi connectivity index (χ0v) is 20.8. The molecule has 9 nitrogen and oxygen atoms in total. The Morgan fingerprint density at radius 3 is 2.33 bits per heavy atom. The molecule has 2 amide bonds. The molecule has 1 heterocycles. The van der Waals surface area contributed by atoms with Gasteiger partial charge >= 0.3 is 0 Å². The largest absolute Gasteiger partial charge is 0.493 e. The second kappa shape index (κ2) is 8.55. The second-order valence-corrected chi connectivity index (χ2v) is 10.5. The summed E-state index contributed by atoms with van der Waals surface area (Å²) in [4.78, 5) is 36.6. The number of rotatable bonds is 7. The fourth-order valence-corrected chi connectivity index (χ4v) is 6.58. The SMILES string of the molecule is COc1cc(/C=N\N2C(=O)[C@H]3[C@@H]4C=C[C@H]([C@H]5C[C@H]45)[C@@H]3C2=O)cc(Br)c1OCc1ccc([N+](=O)[O-])cc1. The van der Waals surface area contributed by atoms with Crippen molar-refractivity contribution in [2.24, 2.45) is 40.6 Å². The van der Waals surface area contributed by atoms with Crippen molar-refractivity contribution in [1.82, 2.24) is 5.01 Å². The number of hydrogen-bond donors (Lipinski definition) is 0. The summed E-state index contributed by atoms with van der Waals surface area (Å²) in [6.07, 6.45) is 6.87. The van der Waals surface area contributed by atoms with Crippen LogP contribution in [0.2, 0.25) is 0 Å². The highest BCUT2D eigenvalue weighted by atomic mass is 79.9. The molecule has 4 aliphatic carbocycles. The van der Waals surface area contributed by atoms with Crippen molar-refractivity contribution < 1.29 is 24.0 Å². The van der Waals surface area contributed by atoms with E-state index in [-0.39, 0.29) is 47.8 Å². The molecule has 2 aromatic rings. The molecule has 7 rings (SSSR count). The molecule has 36 heavy (non-hydrogen) atoms. The fourth-order valence-electron chi connectivity index (χ4n) is 6.00. The van der Waals surface area contributed by atoms with Crippen molar-refractivity contribution in [2.75, 3.05) is 7.11 Å². The highest BCUT2D eigenvalue weighted by molar-refractivity contribution is 9.10. The average molecular weight is 552 g/mol. The molecule has 6 atom stereocenters. The quantitative estimate of drug-likeness (QED) is 0.166. The van der Waals surface area contributed by atoms with Gasteiger partial charge in [0.05, 0.1) is 34.6 Å². The van der Waals surface area contributed by atoms with Crippen molar-refractivity contribution in [3.05, 3.63) is 74.3 Å². The maximum atomic E-state index is 13.1. The summed E-state index contributed by atoms with van der Waals surface area (Å²) >= 11 is 3.49. The number of methoxy groups -OCH3 is 1. The lowest BCUT2D eigenvalue weighted by Crippen LogP contribution is -2.40. The number of hydrogen-bond acceptors (Lipinski definition) is 7. The smallest absolute Gasteiger partial charge is 0.269 e. The molecule has 2 saturated carbocycles. The monoisotopic (exact) mass is 551 g/mol. The van der Waals surface area contributed by atoms with Gasteiger partial charge in [0.25, 0.3) is 17.5 Å². The number of nitro benzene ring substituents is 1. The summed E-state index contributed by atoms with van der Waals surface area (Å²) < 4.78 is 12.0. The van der Waals surface area contributed by atoms with E-state index in [1.54, 1.807) is 24.3 Å². The Bertz CT molecular complexity index is 1300. The first-order chi connectivity index (χ1) is 17.4. The Balaban J connectivity index is 1.18. The molecule has 10 heteroatoms. The van der Waals surface area contributed by atoms with E-state index in [0.717, 1.165) is 17.0 Å². The van der Waals surface area contributed by atoms with E-state index < -0.39 is 4.92 Å². The minimum absolute atomic E-state index is 0.0103. The third-order valence-electron chi connectivity index (χ3n) is 7.74. The standard InChI is InChI=1S/C26H22BrN3O6/c1-35-21-9-14(8-20(27)24(21)36-12-13-2-4-15(5-3-13)30(33)34)11-28-29-25(31)22-16-6-7-17(19-10-18(16)19)23(22)26(29)32/h2-9,11,16-19,22-23H,10,12H2,1H3/b28-11-/t16-,17-,18-,19-,22+,23+/m1/s1. The number of hydrazone groups is 1. The summed E-state index contributed by atoms with van der Waals surface area (Å²) in [6.45, 7) is 0.179. The number of allylic oxidation sites excluding steroid dienone is 2. The predicted octanol–water partition coefficient (Wildman–Crippen LogP) is 4.33. The van der Waals surface area contributed by atoms with Gasteiger partial charge in [-0.15, -0.1) is 0 Å². The van der Waals surface area contributed by atoms with Crippen LogP contribution in [-0.4, -0.2) is 35.1 Å². The van der Waals surface area contributed by atoms with E-state index >= 15 is 0 Å². The number of imide groups is 1. The van der Waals surface area contributed by atoms with E-state index in [0.29, 0.717) is 33.4 Å². The van der Waals surface area contributed by atoms with Crippen LogP contribution in [0.1, 0.15) is 17.5 Å². The van der Waals surface area contributed by atoms with E-state index in [4.69, 9.17) is 9.47 Å². The van der Waals surface area contributed by atoms with Gasteiger partial charge in [-0.05, 0) is 81.4 Å². The molecular formula is C26H22BrN3O6. The summed E-state index contributed by atoms with van der Waals surface area (Å²) in [5, 5.41) is 16.2. The van der Waals surface area contributed by atoms with Crippen molar-refractivity contribution in [2.45, 2.75) is 13.0 Å². The zero-order chi connectivity index (χ0) is 25.1. The van der Waals surface area contributed by atoms with Gasteiger partial charge in [-0.3, -0.25) is 19.7 Å². The van der Waals surface area contributed by atoms with Crippen LogP contribution < -0.4 is 9.47 Å². The third-order valence-corrected chi connectivity index (χ3v) is 8.33. The molecule has 0 N–H and O–H groups in total. The summed E-state index contributed by atoms with van der Waals surface area (Å²) in [5.74, 6) is 1.29. The molecule has 3 fully saturated rings. The number of amides is 2. The van der Waals surface area contributed by atoms with Crippen LogP contribution >= 0.6 is 15.9 Å². The van der Waals surface area contributed by atoms with E-state index in [1.165, 1.54) is 25.5 Å². The third kappa shape index (κ3) is 3.62. The van der Waals surface area contributed by atoms with Crippen molar-refractivity contribution >= 4 is 39.6 Å². The topological polar surface area (TPSA) is 111 Å². The van der Waals surface area contributed by atoms with Gasteiger partial charge in [-0.1, -0.05) is 12.2 Å². The number of nitro groups is 1. The van der Waals surface area contributed by atoms with Crippen LogP contribution in [0, 0.1) is 45.6 Å². The molecule has 1 saturated heterocycles. The predicted molar refractivity (Wildman–Crippen MR) is 132 cm³/mol. The zero-order valence-electron chi connectivity index (χ0n) is 19.2. The van der Waals surface area contributed by atoms with Gasteiger partial charge in [0.2, 0.25) is 0 Å². The number of carbonyl (C=O) groups excluding carboxylic acids is 2. The van der Waals surface area contributed by atoms with E-state index in [1.807, 2.05) is 0 Å². The maximum Gasteiger partial charge on any atom is 0.269 e. The van der Waals surface area contributed by atoms with Crippen molar-refractivity contribution in [3.63, 3.8) is 0 Å². The molecule has 2 bridgehead atoms. The fraction of sp³-hybridized carbons (Fsp3) is 0.346. The van der Waals surface area contributed by atoms with Crippen LogP contribution in [0.15, 0.2) is 58.1 Å². The highest BCUT2D eigenvalue weighted by Crippen LogP contribution is 2.65. The molecule has 1 aliphatic heterocycles. The molecular weight excluding hydrogens is 530 g/mol. The van der Waals surface area contributed by atoms with Crippen LogP contribution in [0.3, 0.4) is 0 Å². The highest BCUT2D eigenvalue weighted by Gasteiger charge is 2.67.